The van der Waals surface area contributed by atoms with Crippen molar-refractivity contribution < 1.29 is 0 Å². The van der Waals surface area contributed by atoms with Crippen molar-refractivity contribution in [2.45, 2.75) is 5.41 Å². The fraction of sp³-hybridized carbons (Fsp3) is 0.0196. The molecule has 0 unspecified atom stereocenters. The van der Waals surface area contributed by atoms with Gasteiger partial charge in [-0.1, -0.05) is 158 Å². The van der Waals surface area contributed by atoms with E-state index in [-0.39, 0.29) is 0 Å². The fourth-order valence-corrected chi connectivity index (χ4v) is 9.12. The van der Waals surface area contributed by atoms with Crippen LogP contribution in [0.15, 0.2) is 200 Å². The van der Waals surface area contributed by atoms with Gasteiger partial charge in [-0.25, -0.2) is 9.97 Å². The summed E-state index contributed by atoms with van der Waals surface area (Å²) in [6.07, 6.45) is 1.98. The second-order valence-electron chi connectivity index (χ2n) is 14.1. The third kappa shape index (κ3) is 4.36. The van der Waals surface area contributed by atoms with Gasteiger partial charge in [0.05, 0.1) is 22.3 Å². The van der Waals surface area contributed by atoms with Crippen molar-refractivity contribution in [2.24, 2.45) is 0 Å². The Morgan fingerprint density at radius 2 is 0.963 bits per heavy atom. The molecule has 252 valence electrons. The maximum absolute atomic E-state index is 5.00. The van der Waals surface area contributed by atoms with Gasteiger partial charge in [0.25, 0.3) is 0 Å². The number of hydrogen-bond acceptors (Lipinski definition) is 3. The van der Waals surface area contributed by atoms with Gasteiger partial charge in [0.15, 0.2) is 5.82 Å². The maximum Gasteiger partial charge on any atom is 0.159 e. The summed E-state index contributed by atoms with van der Waals surface area (Å²) in [6.45, 7) is 0. The molecule has 1 aliphatic carbocycles. The number of anilines is 3. The summed E-state index contributed by atoms with van der Waals surface area (Å²) in [6, 6.07) is 70.2. The zero-order chi connectivity index (χ0) is 35.6. The molecule has 11 rings (SSSR count). The van der Waals surface area contributed by atoms with Gasteiger partial charge < -0.3 is 4.90 Å². The Balaban J connectivity index is 1.11. The SMILES string of the molecule is c1ccc(-c2ncc3c(-c4ccccc4-c4ccc5c(c4)-c4ccccc4C54c5ccccc5N(c5ccccc5)c5ccccc54)cccc3n2)cc1. The predicted octanol–water partition coefficient (Wildman–Crippen LogP) is 12.8. The highest BCUT2D eigenvalue weighted by atomic mass is 15.2. The van der Waals surface area contributed by atoms with E-state index in [2.05, 4.69) is 181 Å². The lowest BCUT2D eigenvalue weighted by molar-refractivity contribution is 0.753. The lowest BCUT2D eigenvalue weighted by Crippen LogP contribution is -2.36. The van der Waals surface area contributed by atoms with E-state index in [0.29, 0.717) is 0 Å². The molecule has 0 bridgehead atoms. The molecule has 2 heterocycles. The van der Waals surface area contributed by atoms with E-state index in [1.54, 1.807) is 0 Å². The molecule has 2 aliphatic rings. The van der Waals surface area contributed by atoms with Gasteiger partial charge >= 0.3 is 0 Å². The summed E-state index contributed by atoms with van der Waals surface area (Å²) >= 11 is 0. The zero-order valence-electron chi connectivity index (χ0n) is 29.4. The fourth-order valence-electron chi connectivity index (χ4n) is 9.12. The molecule has 0 fully saturated rings. The molecule has 0 amide bonds. The van der Waals surface area contributed by atoms with Crippen molar-refractivity contribution >= 4 is 28.0 Å². The van der Waals surface area contributed by atoms with Crippen molar-refractivity contribution in [1.29, 1.82) is 0 Å². The van der Waals surface area contributed by atoms with E-state index in [1.807, 2.05) is 24.4 Å². The summed E-state index contributed by atoms with van der Waals surface area (Å²) in [5.41, 5.74) is 17.4. The van der Waals surface area contributed by atoms with Crippen molar-refractivity contribution in [2.75, 3.05) is 4.90 Å². The van der Waals surface area contributed by atoms with Crippen LogP contribution in [0.4, 0.5) is 17.1 Å². The Labute approximate surface area is 314 Å². The standard InChI is InChI=1S/C51H33N3/c1-3-16-34(17-4-1)50-52-33-42-39(23-15-27-47(42)53-50)38-21-8-7-20-37(38)35-30-31-44-41(32-35)40-22-9-10-24-43(40)51(44)45-25-11-13-28-48(45)54(36-18-5-2-6-19-36)49-29-14-12-26-46(49)51/h1-33H. The smallest absolute Gasteiger partial charge is 0.159 e. The largest absolute Gasteiger partial charge is 0.310 e. The minimum Gasteiger partial charge on any atom is -0.310 e. The van der Waals surface area contributed by atoms with Crippen molar-refractivity contribution in [1.82, 2.24) is 9.97 Å². The van der Waals surface area contributed by atoms with Gasteiger partial charge in [-0.05, 0) is 92.0 Å². The Kier molecular flexibility index (Phi) is 6.77. The molecule has 0 radical (unpaired) electrons. The summed E-state index contributed by atoms with van der Waals surface area (Å²) in [5, 5.41) is 1.04. The van der Waals surface area contributed by atoms with E-state index in [1.165, 1.54) is 55.9 Å². The summed E-state index contributed by atoms with van der Waals surface area (Å²) in [7, 11) is 0. The molecule has 0 saturated heterocycles. The molecule has 0 atom stereocenters. The Hall–Kier alpha value is -7.10. The Morgan fingerprint density at radius 3 is 1.70 bits per heavy atom. The summed E-state index contributed by atoms with van der Waals surface area (Å²) in [5.74, 6) is 0.734. The predicted molar refractivity (Wildman–Crippen MR) is 221 cm³/mol. The molecule has 54 heavy (non-hydrogen) atoms. The normalized spacial score (nSPS) is 13.3. The van der Waals surface area contributed by atoms with Crippen LogP contribution >= 0.6 is 0 Å². The molecule has 8 aromatic carbocycles. The van der Waals surface area contributed by atoms with Gasteiger partial charge in [0.2, 0.25) is 0 Å². The second kappa shape index (κ2) is 12.0. The van der Waals surface area contributed by atoms with E-state index in [9.17, 15) is 0 Å². The lowest BCUT2D eigenvalue weighted by atomic mass is 9.64. The third-order valence-electron chi connectivity index (χ3n) is 11.3. The molecular weight excluding hydrogens is 655 g/mol. The number of rotatable bonds is 4. The highest BCUT2D eigenvalue weighted by Gasteiger charge is 2.51. The zero-order valence-corrected chi connectivity index (χ0v) is 29.4. The highest BCUT2D eigenvalue weighted by molar-refractivity contribution is 6.01. The quantitative estimate of drug-likeness (QED) is 0.184. The monoisotopic (exact) mass is 687 g/mol. The van der Waals surface area contributed by atoms with Crippen LogP contribution in [0, 0.1) is 0 Å². The lowest BCUT2D eigenvalue weighted by Gasteiger charge is -2.45. The molecule has 1 aromatic heterocycles. The van der Waals surface area contributed by atoms with Crippen LogP contribution < -0.4 is 4.90 Å². The second-order valence-corrected chi connectivity index (χ2v) is 14.1. The molecule has 0 saturated carbocycles. The van der Waals surface area contributed by atoms with Gasteiger partial charge in [-0.15, -0.1) is 0 Å². The van der Waals surface area contributed by atoms with Crippen LogP contribution in [0.5, 0.6) is 0 Å². The van der Waals surface area contributed by atoms with Crippen LogP contribution in [-0.2, 0) is 5.41 Å². The molecule has 3 heteroatoms. The van der Waals surface area contributed by atoms with Crippen LogP contribution in [0.3, 0.4) is 0 Å². The number of benzene rings is 8. The van der Waals surface area contributed by atoms with Crippen molar-refractivity contribution in [3.05, 3.63) is 223 Å². The first kappa shape index (κ1) is 30.5. The molecule has 1 aliphatic heterocycles. The number of fused-ring (bicyclic) bond motifs is 10. The Bertz CT molecular complexity index is 2850. The molecule has 3 nitrogen and oxygen atoms in total. The van der Waals surface area contributed by atoms with Gasteiger partial charge in [-0.3, -0.25) is 0 Å². The summed E-state index contributed by atoms with van der Waals surface area (Å²) < 4.78 is 0. The first-order valence-electron chi connectivity index (χ1n) is 18.5. The molecular formula is C51H33N3. The van der Waals surface area contributed by atoms with Crippen LogP contribution in [0.25, 0.3) is 55.7 Å². The maximum atomic E-state index is 5.00. The van der Waals surface area contributed by atoms with Crippen LogP contribution in [-0.4, -0.2) is 9.97 Å². The average Bonchev–Trinajstić information content (AvgIpc) is 3.54. The van der Waals surface area contributed by atoms with Crippen molar-refractivity contribution in [3.8, 4) is 44.8 Å². The van der Waals surface area contributed by atoms with E-state index in [0.717, 1.165) is 39.1 Å². The third-order valence-corrected chi connectivity index (χ3v) is 11.3. The minimum absolute atomic E-state index is 0.480. The topological polar surface area (TPSA) is 29.0 Å². The number of nitrogens with zero attached hydrogens (tertiary/aromatic N) is 3. The highest BCUT2D eigenvalue weighted by Crippen LogP contribution is 2.63. The van der Waals surface area contributed by atoms with Gasteiger partial charge in [-0.2, -0.15) is 0 Å². The van der Waals surface area contributed by atoms with Crippen LogP contribution in [0.1, 0.15) is 22.3 Å². The van der Waals surface area contributed by atoms with Crippen LogP contribution in [0.2, 0.25) is 0 Å². The average molecular weight is 688 g/mol. The molecule has 1 spiro atoms. The first-order valence-corrected chi connectivity index (χ1v) is 18.5. The minimum atomic E-state index is -0.480. The van der Waals surface area contributed by atoms with E-state index >= 15 is 0 Å². The summed E-state index contributed by atoms with van der Waals surface area (Å²) in [4.78, 5) is 12.3. The molecule has 9 aromatic rings. The van der Waals surface area contributed by atoms with E-state index in [4.69, 9.17) is 9.97 Å². The first-order chi connectivity index (χ1) is 26.8. The number of aromatic nitrogens is 2. The van der Waals surface area contributed by atoms with Gasteiger partial charge in [0, 0.05) is 22.8 Å². The number of hydrogen-bond donors (Lipinski definition) is 0. The molecule has 0 N–H and O–H groups in total. The number of para-hydroxylation sites is 3. The van der Waals surface area contributed by atoms with Gasteiger partial charge in [0.1, 0.15) is 0 Å². The Morgan fingerprint density at radius 1 is 0.389 bits per heavy atom. The van der Waals surface area contributed by atoms with E-state index < -0.39 is 5.41 Å². The van der Waals surface area contributed by atoms with Crippen molar-refractivity contribution in [3.63, 3.8) is 0 Å².